The Labute approximate surface area is 259 Å². The van der Waals surface area contributed by atoms with Gasteiger partial charge in [0.2, 0.25) is 0 Å². The van der Waals surface area contributed by atoms with Crippen molar-refractivity contribution < 1.29 is 29.3 Å². The molecule has 234 valence electrons. The molecule has 0 spiro atoms. The lowest BCUT2D eigenvalue weighted by molar-refractivity contribution is -0.142. The van der Waals surface area contributed by atoms with Crippen LogP contribution in [-0.2, 0) is 20.7 Å². The number of aromatic amines is 3. The number of aromatic nitrogens is 3. The number of carbonyl (C=O) groups is 3. The summed E-state index contributed by atoms with van der Waals surface area (Å²) in [5.41, 5.74) is 7.78. The summed E-state index contributed by atoms with van der Waals surface area (Å²) in [6, 6.07) is -0.502. The van der Waals surface area contributed by atoms with Crippen molar-refractivity contribution in [2.75, 3.05) is 7.11 Å². The number of aliphatic hydroxyl groups is 1. The monoisotopic (exact) mass is 610 g/mol. The number of aliphatic carboxylic acids is 1. The summed E-state index contributed by atoms with van der Waals surface area (Å²) in [5, 5.41) is 26.2. The average molecular weight is 611 g/mol. The van der Waals surface area contributed by atoms with E-state index in [0.717, 1.165) is 45.7 Å². The molecule has 1 fully saturated rings. The number of methoxy groups -OCH3 is 1. The molecule has 10 nitrogen and oxygen atoms in total. The Morgan fingerprint density at radius 1 is 1.04 bits per heavy atom. The number of aliphatic hydroxyl groups excluding tert-OH is 1. The van der Waals surface area contributed by atoms with Gasteiger partial charge in [-0.15, -0.1) is 0 Å². The van der Waals surface area contributed by atoms with Crippen LogP contribution in [0.2, 0.25) is 0 Å². The van der Waals surface area contributed by atoms with E-state index in [-0.39, 0.29) is 24.0 Å². The smallest absolute Gasteiger partial charge is 0.320 e. The minimum Gasteiger partial charge on any atom is -0.515 e. The second kappa shape index (κ2) is 11.2. The van der Waals surface area contributed by atoms with Gasteiger partial charge in [-0.3, -0.25) is 14.4 Å². The summed E-state index contributed by atoms with van der Waals surface area (Å²) >= 11 is 0. The number of hydrogen-bond donors (Lipinski definition) is 6. The van der Waals surface area contributed by atoms with Crippen LogP contribution in [0.25, 0.3) is 36.1 Å². The number of allylic oxidation sites excluding steroid dienone is 1. The van der Waals surface area contributed by atoms with Gasteiger partial charge in [-0.05, 0) is 73.1 Å². The van der Waals surface area contributed by atoms with Crippen LogP contribution in [0, 0.1) is 31.6 Å². The lowest BCUT2D eigenvalue weighted by Gasteiger charge is -2.25. The number of Topliss-reactive ketones (excluding diaryl/α,β-unsaturated/α-hetero) is 1. The highest BCUT2D eigenvalue weighted by molar-refractivity contribution is 6.19. The number of fused-ring (bicyclic) bond motifs is 8. The highest BCUT2D eigenvalue weighted by Gasteiger charge is 2.49. The molecular formula is C35H38N4O6. The van der Waals surface area contributed by atoms with Gasteiger partial charge in [-0.2, -0.15) is 0 Å². The molecule has 6 rings (SSSR count). The first-order valence-corrected chi connectivity index (χ1v) is 15.2. The quantitative estimate of drug-likeness (QED) is 0.184. The molecular weight excluding hydrogens is 572 g/mol. The molecule has 3 aromatic heterocycles. The number of rotatable bonds is 6. The summed E-state index contributed by atoms with van der Waals surface area (Å²) < 4.78 is 5.15. The van der Waals surface area contributed by atoms with E-state index in [0.29, 0.717) is 50.8 Å². The van der Waals surface area contributed by atoms with Crippen molar-refractivity contribution in [1.29, 1.82) is 0 Å². The van der Waals surface area contributed by atoms with Crippen LogP contribution in [0.15, 0.2) is 12.3 Å². The zero-order valence-corrected chi connectivity index (χ0v) is 26.1. The highest BCUT2D eigenvalue weighted by atomic mass is 16.5. The Morgan fingerprint density at radius 2 is 1.78 bits per heavy atom. The van der Waals surface area contributed by atoms with Gasteiger partial charge in [0, 0.05) is 56.8 Å². The van der Waals surface area contributed by atoms with Crippen LogP contribution >= 0.6 is 0 Å². The summed E-state index contributed by atoms with van der Waals surface area (Å²) in [4.78, 5) is 49.5. The third kappa shape index (κ3) is 4.58. The fourth-order valence-electron chi connectivity index (χ4n) is 7.50. The Balaban J connectivity index is 1.75. The van der Waals surface area contributed by atoms with Gasteiger partial charge in [0.15, 0.2) is 5.78 Å². The highest BCUT2D eigenvalue weighted by Crippen LogP contribution is 2.42. The first kappa shape index (κ1) is 30.1. The van der Waals surface area contributed by atoms with Crippen molar-refractivity contribution in [2.45, 2.75) is 53.0 Å². The standard InChI is InChI=1S/C35H38N4O6/c1-7-18-15(3)22-11-23-16(4)20(9-10-28(41)42)32(38-23)30-31(35(44)45-6)34(43)29-17(5)24(39-33(29)30)12-26-19(8-2)21(14-40)27(37-26)13-25(18)36-22/h7,11-14,16,20,31-32,36-40H,1,8-10H2,2-6H3,(H,41,42)/b21-14-,23-11+,24-12-,27-13-/t16-,20-,31+,32?/m0/s1. The van der Waals surface area contributed by atoms with Gasteiger partial charge >= 0.3 is 11.9 Å². The molecule has 1 aliphatic carbocycles. The predicted molar refractivity (Wildman–Crippen MR) is 172 cm³/mol. The molecule has 1 saturated heterocycles. The average Bonchev–Trinajstić information content (AvgIpc) is 3.76. The Kier molecular flexibility index (Phi) is 7.46. The number of esters is 1. The zero-order valence-electron chi connectivity index (χ0n) is 26.1. The molecule has 45 heavy (non-hydrogen) atoms. The van der Waals surface area contributed by atoms with E-state index in [9.17, 15) is 24.6 Å². The van der Waals surface area contributed by atoms with Gasteiger partial charge in [0.1, 0.15) is 5.92 Å². The third-order valence-electron chi connectivity index (χ3n) is 9.88. The first-order valence-electron chi connectivity index (χ1n) is 15.2. The van der Waals surface area contributed by atoms with Crippen LogP contribution in [0.3, 0.4) is 0 Å². The van der Waals surface area contributed by atoms with Crippen LogP contribution in [0.5, 0.6) is 0 Å². The van der Waals surface area contributed by atoms with Crippen LogP contribution in [0.1, 0.15) is 76.4 Å². The second-order valence-electron chi connectivity index (χ2n) is 12.1. The molecule has 0 aromatic carbocycles. The molecule has 4 atom stereocenters. The molecule has 0 radical (unpaired) electrons. The molecule has 6 N–H and O–H groups in total. The number of H-pyrrole nitrogens is 3. The number of carboxylic acid groups (broad SMARTS) is 1. The molecule has 1 unspecified atom stereocenters. The van der Waals surface area contributed by atoms with Crippen LogP contribution < -0.4 is 26.6 Å². The SMILES string of the molecule is C=Cc1c2[nH]c(c1C)/C=C1/NC(C3=c4[nH]/c(c(C)c4C(=O)[C@@H]3C(=O)OC)=C\c3[nH]c(/c(=C\O)c3CC)=C\2)[C@@H](CCC(=O)O)[C@@H]1C. The Bertz CT molecular complexity index is 2070. The Hall–Kier alpha value is -4.99. The minimum absolute atomic E-state index is 0.0551. The number of carbonyl (C=O) groups excluding carboxylic acids is 2. The van der Waals surface area contributed by atoms with E-state index in [1.165, 1.54) is 7.11 Å². The largest absolute Gasteiger partial charge is 0.515 e. The topological polar surface area (TPSA) is 160 Å². The first-order chi connectivity index (χ1) is 21.5. The fourth-order valence-corrected chi connectivity index (χ4v) is 7.50. The van der Waals surface area contributed by atoms with Crippen molar-refractivity contribution >= 4 is 53.9 Å². The normalized spacial score (nSPS) is 24.7. The maximum absolute atomic E-state index is 14.0. The summed E-state index contributed by atoms with van der Waals surface area (Å²) in [6.45, 7) is 12.0. The molecule has 3 aliphatic rings. The van der Waals surface area contributed by atoms with E-state index < -0.39 is 23.9 Å². The fraction of sp³-hybridized carbons (Fsp3) is 0.343. The number of ether oxygens (including phenoxy) is 1. The molecule has 0 saturated carbocycles. The number of ketones is 1. The molecule has 2 aliphatic heterocycles. The second-order valence-corrected chi connectivity index (χ2v) is 12.1. The van der Waals surface area contributed by atoms with Gasteiger partial charge in [-0.1, -0.05) is 26.5 Å². The lowest BCUT2D eigenvalue weighted by atomic mass is 9.80. The van der Waals surface area contributed by atoms with Crippen molar-refractivity contribution in [3.8, 4) is 0 Å². The van der Waals surface area contributed by atoms with E-state index in [1.54, 1.807) is 6.08 Å². The maximum atomic E-state index is 14.0. The van der Waals surface area contributed by atoms with Gasteiger partial charge < -0.3 is 35.2 Å². The van der Waals surface area contributed by atoms with Crippen molar-refractivity contribution in [2.24, 2.45) is 17.8 Å². The van der Waals surface area contributed by atoms with Gasteiger partial charge in [0.25, 0.3) is 0 Å². The summed E-state index contributed by atoms with van der Waals surface area (Å²) in [6.07, 6.45) is 9.73. The van der Waals surface area contributed by atoms with E-state index in [1.807, 2.05) is 45.9 Å². The zero-order chi connectivity index (χ0) is 32.3. The molecule has 3 aromatic rings. The lowest BCUT2D eigenvalue weighted by Crippen LogP contribution is -2.38. The molecule has 10 heteroatoms. The van der Waals surface area contributed by atoms with Crippen molar-refractivity contribution in [3.63, 3.8) is 0 Å². The van der Waals surface area contributed by atoms with Gasteiger partial charge in [-0.25, -0.2) is 0 Å². The number of carboxylic acids is 1. The number of nitrogens with one attached hydrogen (secondary N) is 4. The molecule has 0 amide bonds. The van der Waals surface area contributed by atoms with Crippen LogP contribution in [0.4, 0.5) is 0 Å². The van der Waals surface area contributed by atoms with Gasteiger partial charge in [0.05, 0.1) is 30.1 Å². The summed E-state index contributed by atoms with van der Waals surface area (Å²) in [7, 11) is 1.27. The van der Waals surface area contributed by atoms with E-state index in [2.05, 4.69) is 26.8 Å². The number of hydrogen-bond acceptors (Lipinski definition) is 6. The molecule has 5 heterocycles. The molecule has 8 bridgehead atoms. The van der Waals surface area contributed by atoms with E-state index in [4.69, 9.17) is 4.74 Å². The summed E-state index contributed by atoms with van der Waals surface area (Å²) in [5.74, 6) is -3.39. The van der Waals surface area contributed by atoms with Crippen molar-refractivity contribution in [3.05, 3.63) is 78.4 Å². The van der Waals surface area contributed by atoms with Crippen molar-refractivity contribution in [1.82, 2.24) is 20.3 Å². The third-order valence-corrected chi connectivity index (χ3v) is 9.88. The minimum atomic E-state index is -1.15. The van der Waals surface area contributed by atoms with Crippen LogP contribution in [-0.4, -0.2) is 56.0 Å². The predicted octanol–water partition coefficient (Wildman–Crippen LogP) is 2.03. The maximum Gasteiger partial charge on any atom is 0.320 e. The Morgan fingerprint density at radius 3 is 2.42 bits per heavy atom. The van der Waals surface area contributed by atoms with E-state index >= 15 is 0 Å².